The molecule has 1 heterocycles. The van der Waals surface area contributed by atoms with Crippen molar-refractivity contribution < 1.29 is 18.0 Å². The summed E-state index contributed by atoms with van der Waals surface area (Å²) in [6.45, 7) is 0.379. The van der Waals surface area contributed by atoms with Crippen LogP contribution in [0.15, 0.2) is 34.9 Å². The summed E-state index contributed by atoms with van der Waals surface area (Å²) in [5, 5.41) is 3.18. The Kier molecular flexibility index (Phi) is 4.78. The molecule has 0 saturated heterocycles. The van der Waals surface area contributed by atoms with Gasteiger partial charge in [-0.1, -0.05) is 11.6 Å². The van der Waals surface area contributed by atoms with Crippen LogP contribution in [0, 0.1) is 0 Å². The second kappa shape index (κ2) is 6.56. The summed E-state index contributed by atoms with van der Waals surface area (Å²) >= 11 is 3.44. The van der Waals surface area contributed by atoms with E-state index in [4.69, 9.17) is 16.0 Å². The van der Waals surface area contributed by atoms with E-state index in [1.165, 1.54) is 12.1 Å². The molecule has 8 heteroatoms. The van der Waals surface area contributed by atoms with Gasteiger partial charge in [0.1, 0.15) is 5.76 Å². The van der Waals surface area contributed by atoms with Crippen LogP contribution < -0.4 is 10.0 Å². The first kappa shape index (κ1) is 14.6. The van der Waals surface area contributed by atoms with Gasteiger partial charge in [0.05, 0.1) is 23.5 Å². The van der Waals surface area contributed by atoms with Crippen molar-refractivity contribution in [1.82, 2.24) is 0 Å². The highest BCUT2D eigenvalue weighted by molar-refractivity contribution is 7.80. The molecule has 0 aliphatic heterocycles. The Balaban J connectivity index is 2.21. The maximum atomic E-state index is 11.0. The first-order valence-corrected chi connectivity index (χ1v) is 6.96. The zero-order chi connectivity index (χ0) is 14.5. The molecule has 0 fully saturated rings. The van der Waals surface area contributed by atoms with Gasteiger partial charge in [-0.15, -0.1) is 0 Å². The lowest BCUT2D eigenvalue weighted by Gasteiger charge is -2.14. The van der Waals surface area contributed by atoms with E-state index in [0.717, 1.165) is 0 Å². The molecule has 1 aromatic carbocycles. The second-order valence-electron chi connectivity index (χ2n) is 3.81. The Morgan fingerprint density at radius 1 is 1.40 bits per heavy atom. The topological polar surface area (TPSA) is 94.4 Å². The van der Waals surface area contributed by atoms with E-state index in [-0.39, 0.29) is 16.3 Å². The number of aldehydes is 1. The Hall–Kier alpha value is -1.83. The van der Waals surface area contributed by atoms with Gasteiger partial charge in [0.25, 0.3) is 0 Å². The molecule has 1 unspecified atom stereocenters. The summed E-state index contributed by atoms with van der Waals surface area (Å²) in [6, 6.07) is 6.37. The number of hydrogen-bond acceptors (Lipinski definition) is 5. The maximum Gasteiger partial charge on any atom is 0.152 e. The molecule has 0 bridgehead atoms. The molecule has 0 radical (unpaired) electrons. The van der Waals surface area contributed by atoms with E-state index in [1.807, 2.05) is 0 Å². The molecule has 1 aromatic heterocycles. The minimum atomic E-state index is -2.51. The van der Waals surface area contributed by atoms with Gasteiger partial charge < -0.3 is 19.0 Å². The highest BCUT2D eigenvalue weighted by atomic mass is 35.5. The minimum absolute atomic E-state index is 0.144. The molecule has 0 aliphatic rings. The molecule has 0 saturated carbocycles. The number of hydrogen-bond donors (Lipinski definition) is 2. The third kappa shape index (κ3) is 3.60. The molecule has 2 N–H and O–H groups in total. The summed E-state index contributed by atoms with van der Waals surface area (Å²) in [5.74, 6) is 0.695. The molecule has 106 valence electrons. The Morgan fingerprint density at radius 3 is 2.80 bits per heavy atom. The fraction of sp³-hybridized carbons (Fsp3) is 0.0833. The monoisotopic (exact) mass is 313 g/mol. The number of halogens is 1. The number of anilines is 2. The highest BCUT2D eigenvalue weighted by Crippen LogP contribution is 2.29. The van der Waals surface area contributed by atoms with Gasteiger partial charge in [0.2, 0.25) is 0 Å². The first-order valence-electron chi connectivity index (χ1n) is 5.51. The normalized spacial score (nSPS) is 11.9. The lowest BCUT2D eigenvalue weighted by molar-refractivity contribution is 0.112. The highest BCUT2D eigenvalue weighted by Gasteiger charge is 2.09. The predicted octanol–water partition coefficient (Wildman–Crippen LogP) is 2.56. The van der Waals surface area contributed by atoms with E-state index in [1.54, 1.807) is 18.4 Å². The van der Waals surface area contributed by atoms with Crippen LogP contribution >= 0.6 is 11.6 Å². The maximum absolute atomic E-state index is 11.0. The summed E-state index contributed by atoms with van der Waals surface area (Å²) in [7, 11) is 0. The molecular weight excluding hydrogens is 304 g/mol. The van der Waals surface area contributed by atoms with Crippen molar-refractivity contribution in [1.29, 1.82) is 0 Å². The number of furan rings is 1. The standard InChI is InChI=1S/C12H11ClN2O4S/c13-10-5-11(14-6-9-2-1-3-19-9)8(7-16)4-12(10)15-20(17)18/h1-5,7,14-15H,6H2,(H,17,18)/p-1. The van der Waals surface area contributed by atoms with Crippen LogP contribution in [-0.2, 0) is 17.8 Å². The summed E-state index contributed by atoms with van der Waals surface area (Å²) < 4.78 is 28.5. The van der Waals surface area contributed by atoms with Crippen molar-refractivity contribution in [3.8, 4) is 0 Å². The van der Waals surface area contributed by atoms with Crippen molar-refractivity contribution in [3.05, 3.63) is 46.9 Å². The molecule has 0 amide bonds. The molecule has 2 aromatic rings. The molecule has 1 atom stereocenters. The van der Waals surface area contributed by atoms with Crippen molar-refractivity contribution in [2.45, 2.75) is 6.54 Å². The third-order valence-electron chi connectivity index (χ3n) is 2.49. The molecule has 0 spiro atoms. The molecule has 20 heavy (non-hydrogen) atoms. The SMILES string of the molecule is O=Cc1cc(NS(=O)[O-])c(Cl)cc1NCc1ccco1. The molecule has 2 rings (SSSR count). The van der Waals surface area contributed by atoms with Crippen LogP contribution in [0.4, 0.5) is 11.4 Å². The summed E-state index contributed by atoms with van der Waals surface area (Å²) in [5.41, 5.74) is 0.920. The third-order valence-corrected chi connectivity index (χ3v) is 3.19. The number of nitrogens with one attached hydrogen (secondary N) is 2. The molecular formula is C12H10ClN2O4S-. The number of rotatable bonds is 6. The number of carbonyl (C=O) groups excluding carboxylic acids is 1. The quantitative estimate of drug-likeness (QED) is 0.631. The van der Waals surface area contributed by atoms with Gasteiger partial charge in [-0.3, -0.25) is 9.00 Å². The van der Waals surface area contributed by atoms with E-state index >= 15 is 0 Å². The van der Waals surface area contributed by atoms with E-state index < -0.39 is 11.3 Å². The average molecular weight is 314 g/mol. The Bertz CT molecular complexity index is 631. The smallest absolute Gasteiger partial charge is 0.152 e. The van der Waals surface area contributed by atoms with Gasteiger partial charge in [-0.2, -0.15) is 0 Å². The lowest BCUT2D eigenvalue weighted by atomic mass is 10.1. The number of benzene rings is 1. The van der Waals surface area contributed by atoms with E-state index in [0.29, 0.717) is 24.3 Å². The van der Waals surface area contributed by atoms with Gasteiger partial charge >= 0.3 is 0 Å². The van der Waals surface area contributed by atoms with Crippen LogP contribution in [0.25, 0.3) is 0 Å². The lowest BCUT2D eigenvalue weighted by Crippen LogP contribution is -2.06. The number of carbonyl (C=O) groups is 1. The average Bonchev–Trinajstić information content (AvgIpc) is 2.91. The van der Waals surface area contributed by atoms with Crippen molar-refractivity contribution in [3.63, 3.8) is 0 Å². The first-order chi connectivity index (χ1) is 9.60. The van der Waals surface area contributed by atoms with Crippen molar-refractivity contribution in [2.75, 3.05) is 10.0 Å². The Morgan fingerprint density at radius 2 is 2.20 bits per heavy atom. The Labute approximate surface area is 122 Å². The van der Waals surface area contributed by atoms with Crippen molar-refractivity contribution in [2.24, 2.45) is 0 Å². The fourth-order valence-electron chi connectivity index (χ4n) is 1.60. The van der Waals surface area contributed by atoms with Gasteiger partial charge in [0.15, 0.2) is 6.29 Å². The van der Waals surface area contributed by atoms with Crippen molar-refractivity contribution >= 4 is 40.5 Å². The summed E-state index contributed by atoms with van der Waals surface area (Å²) in [4.78, 5) is 11.0. The van der Waals surface area contributed by atoms with Gasteiger partial charge in [-0.05, 0) is 24.3 Å². The van der Waals surface area contributed by atoms with Crippen LogP contribution in [0.5, 0.6) is 0 Å². The molecule has 6 nitrogen and oxygen atoms in total. The zero-order valence-corrected chi connectivity index (χ0v) is 11.7. The largest absolute Gasteiger partial charge is 0.755 e. The van der Waals surface area contributed by atoms with E-state index in [2.05, 4.69) is 10.0 Å². The van der Waals surface area contributed by atoms with E-state index in [9.17, 15) is 13.6 Å². The zero-order valence-electron chi connectivity index (χ0n) is 10.1. The molecule has 0 aliphatic carbocycles. The fourth-order valence-corrected chi connectivity index (χ4v) is 2.22. The van der Waals surface area contributed by atoms with Crippen LogP contribution in [0.3, 0.4) is 0 Å². The van der Waals surface area contributed by atoms with Gasteiger partial charge in [0, 0.05) is 22.5 Å². The van der Waals surface area contributed by atoms with Crippen LogP contribution in [0.2, 0.25) is 5.02 Å². The summed E-state index contributed by atoms with van der Waals surface area (Å²) in [6.07, 6.45) is 2.15. The van der Waals surface area contributed by atoms with Crippen LogP contribution in [0.1, 0.15) is 16.1 Å². The minimum Gasteiger partial charge on any atom is -0.755 e. The van der Waals surface area contributed by atoms with Crippen LogP contribution in [-0.4, -0.2) is 15.0 Å². The predicted molar refractivity (Wildman–Crippen MR) is 75.4 cm³/mol. The van der Waals surface area contributed by atoms with Gasteiger partial charge in [-0.25, -0.2) is 0 Å². The second-order valence-corrected chi connectivity index (χ2v) is 4.89.